The highest BCUT2D eigenvalue weighted by Crippen LogP contribution is 2.19. The molecule has 3 rings (SSSR count). The molecule has 1 saturated heterocycles. The molecule has 172 valence electrons. The smallest absolute Gasteiger partial charge is 0.211 e. The predicted molar refractivity (Wildman–Crippen MR) is 136 cm³/mol. The number of nitrogens with zero attached hydrogens (tertiary/aromatic N) is 5. The molecule has 0 aliphatic carbocycles. The summed E-state index contributed by atoms with van der Waals surface area (Å²) < 4.78 is 26.8. The first-order chi connectivity index (χ1) is 14.4. The van der Waals surface area contributed by atoms with E-state index in [1.165, 1.54) is 6.26 Å². The number of halogens is 1. The molecule has 0 radical (unpaired) electrons. The molecule has 2 aromatic rings. The molecule has 1 aromatic carbocycles. The largest absolute Gasteiger partial charge is 0.357 e. The number of piperidine rings is 1. The highest BCUT2D eigenvalue weighted by molar-refractivity contribution is 14.0. The molecular weight excluding hydrogens is 527 g/mol. The van der Waals surface area contributed by atoms with Crippen LogP contribution in [0.25, 0.3) is 5.69 Å². The molecule has 1 fully saturated rings. The number of hydrogen-bond acceptors (Lipinski definition) is 4. The summed E-state index contributed by atoms with van der Waals surface area (Å²) in [5.41, 5.74) is 2.14. The van der Waals surface area contributed by atoms with Gasteiger partial charge in [-0.15, -0.1) is 24.0 Å². The van der Waals surface area contributed by atoms with Gasteiger partial charge in [0.1, 0.15) is 0 Å². The molecule has 0 atom stereocenters. The van der Waals surface area contributed by atoms with Gasteiger partial charge in [-0.05, 0) is 37.8 Å². The number of nitrogens with one attached hydrogen (secondary N) is 1. The Kier molecular flexibility index (Phi) is 9.76. The first-order valence-electron chi connectivity index (χ1n) is 10.4. The summed E-state index contributed by atoms with van der Waals surface area (Å²) in [5.74, 6) is 1.27. The van der Waals surface area contributed by atoms with Gasteiger partial charge in [-0.1, -0.05) is 18.2 Å². The lowest BCUT2D eigenvalue weighted by molar-refractivity contribution is 0.279. The van der Waals surface area contributed by atoms with Gasteiger partial charge in [-0.25, -0.2) is 17.4 Å². The van der Waals surface area contributed by atoms with Crippen LogP contribution in [0.4, 0.5) is 0 Å². The molecule has 0 amide bonds. The zero-order valence-corrected chi connectivity index (χ0v) is 21.6. The number of benzene rings is 1. The molecule has 0 bridgehead atoms. The van der Waals surface area contributed by atoms with Crippen molar-refractivity contribution in [1.29, 1.82) is 0 Å². The van der Waals surface area contributed by atoms with E-state index in [4.69, 9.17) is 4.99 Å². The first kappa shape index (κ1) is 25.6. The summed E-state index contributed by atoms with van der Waals surface area (Å²) in [6, 6.07) is 10.0. The second-order valence-electron chi connectivity index (χ2n) is 7.78. The molecule has 2 heterocycles. The lowest BCUT2D eigenvalue weighted by Gasteiger charge is -2.30. The molecule has 1 N–H and O–H groups in total. The Labute approximate surface area is 202 Å². The molecule has 31 heavy (non-hydrogen) atoms. The Morgan fingerprint density at radius 1 is 1.26 bits per heavy atom. The van der Waals surface area contributed by atoms with E-state index in [1.54, 1.807) is 4.31 Å². The van der Waals surface area contributed by atoms with E-state index >= 15 is 0 Å². The van der Waals surface area contributed by atoms with Crippen molar-refractivity contribution in [3.8, 4) is 5.69 Å². The van der Waals surface area contributed by atoms with Crippen molar-refractivity contribution in [3.05, 3.63) is 48.3 Å². The van der Waals surface area contributed by atoms with Gasteiger partial charge in [0.25, 0.3) is 0 Å². The van der Waals surface area contributed by atoms with Gasteiger partial charge in [0.05, 0.1) is 18.1 Å². The molecule has 0 unspecified atom stereocenters. The molecule has 8 nitrogen and oxygen atoms in total. The van der Waals surface area contributed by atoms with Crippen molar-refractivity contribution >= 4 is 40.0 Å². The van der Waals surface area contributed by atoms with Crippen LogP contribution in [-0.4, -0.2) is 72.8 Å². The topological polar surface area (TPSA) is 82.8 Å². The monoisotopic (exact) mass is 560 g/mol. The summed E-state index contributed by atoms with van der Waals surface area (Å²) in [6.45, 7) is 5.42. The first-order valence-corrected chi connectivity index (χ1v) is 12.2. The molecular formula is C21H33IN6O2S. The van der Waals surface area contributed by atoms with E-state index in [0.717, 1.165) is 36.6 Å². The maximum Gasteiger partial charge on any atom is 0.211 e. The third-order valence-electron chi connectivity index (χ3n) is 5.31. The Bertz CT molecular complexity index is 940. The second kappa shape index (κ2) is 11.8. The van der Waals surface area contributed by atoms with Crippen molar-refractivity contribution in [3.63, 3.8) is 0 Å². The van der Waals surface area contributed by atoms with Crippen LogP contribution in [0, 0.1) is 5.92 Å². The van der Waals surface area contributed by atoms with Gasteiger partial charge in [-0.3, -0.25) is 4.99 Å². The quantitative estimate of drug-likeness (QED) is 0.320. The fourth-order valence-corrected chi connectivity index (χ4v) is 4.50. The normalized spacial score (nSPS) is 16.0. The third-order valence-corrected chi connectivity index (χ3v) is 6.62. The lowest BCUT2D eigenvalue weighted by atomic mass is 9.98. The number of hydrogen-bond donors (Lipinski definition) is 1. The van der Waals surface area contributed by atoms with Crippen LogP contribution in [-0.2, 0) is 16.6 Å². The van der Waals surface area contributed by atoms with Crippen molar-refractivity contribution in [1.82, 2.24) is 24.3 Å². The maximum absolute atomic E-state index is 11.7. The number of aromatic nitrogens is 2. The molecule has 1 aromatic heterocycles. The number of sulfonamides is 1. The summed E-state index contributed by atoms with van der Waals surface area (Å²) in [6.07, 6.45) is 6.90. The van der Waals surface area contributed by atoms with E-state index < -0.39 is 10.0 Å². The Morgan fingerprint density at radius 2 is 1.94 bits per heavy atom. The van der Waals surface area contributed by atoms with Gasteiger partial charge in [0, 0.05) is 51.5 Å². The summed E-state index contributed by atoms with van der Waals surface area (Å²) >= 11 is 0. The van der Waals surface area contributed by atoms with E-state index in [2.05, 4.69) is 22.2 Å². The minimum Gasteiger partial charge on any atom is -0.357 e. The molecule has 0 spiro atoms. The fourth-order valence-electron chi connectivity index (χ4n) is 3.62. The zero-order chi connectivity index (χ0) is 21.6. The summed E-state index contributed by atoms with van der Waals surface area (Å²) in [4.78, 5) is 6.92. The van der Waals surface area contributed by atoms with Gasteiger partial charge < -0.3 is 10.2 Å². The molecule has 10 heteroatoms. The summed E-state index contributed by atoms with van der Waals surface area (Å²) in [7, 11) is -1.06. The third kappa shape index (κ3) is 7.46. The van der Waals surface area contributed by atoms with Crippen molar-refractivity contribution in [2.75, 3.05) is 39.5 Å². The van der Waals surface area contributed by atoms with Crippen LogP contribution in [0.3, 0.4) is 0 Å². The van der Waals surface area contributed by atoms with Gasteiger partial charge in [0.15, 0.2) is 5.96 Å². The standard InChI is InChI=1S/C21H32N6O2S.HI/c1-4-22-21(23-14-18-10-12-26(13-11-18)30(3,28)29)25(2)16-19-15-24-27(17-19)20-8-6-5-7-9-20;/h5-9,15,17-18H,4,10-14,16H2,1-3H3,(H,22,23);1H. The van der Waals surface area contributed by atoms with Crippen molar-refractivity contribution in [2.24, 2.45) is 10.9 Å². The van der Waals surface area contributed by atoms with E-state index in [0.29, 0.717) is 32.1 Å². The summed E-state index contributed by atoms with van der Waals surface area (Å²) in [5, 5.41) is 7.82. The maximum atomic E-state index is 11.7. The van der Waals surface area contributed by atoms with E-state index in [-0.39, 0.29) is 24.0 Å². The van der Waals surface area contributed by atoms with Crippen LogP contribution in [0.2, 0.25) is 0 Å². The lowest BCUT2D eigenvalue weighted by Crippen LogP contribution is -2.40. The number of aliphatic imine (C=N–C) groups is 1. The van der Waals surface area contributed by atoms with Gasteiger partial charge >= 0.3 is 0 Å². The molecule has 1 aliphatic rings. The van der Waals surface area contributed by atoms with Crippen LogP contribution in [0.1, 0.15) is 25.3 Å². The average Bonchev–Trinajstić information content (AvgIpc) is 3.20. The second-order valence-corrected chi connectivity index (χ2v) is 9.77. The Balaban J connectivity index is 0.00000341. The van der Waals surface area contributed by atoms with E-state index in [1.807, 2.05) is 54.5 Å². The van der Waals surface area contributed by atoms with Crippen molar-refractivity contribution in [2.45, 2.75) is 26.3 Å². The highest BCUT2D eigenvalue weighted by Gasteiger charge is 2.24. The minimum absolute atomic E-state index is 0. The van der Waals surface area contributed by atoms with Gasteiger partial charge in [0.2, 0.25) is 10.0 Å². The predicted octanol–water partition coefficient (Wildman–Crippen LogP) is 2.56. The van der Waals surface area contributed by atoms with Gasteiger partial charge in [-0.2, -0.15) is 5.10 Å². The Morgan fingerprint density at radius 3 is 2.55 bits per heavy atom. The minimum atomic E-state index is -3.09. The SMILES string of the molecule is CCNC(=NCC1CCN(S(C)(=O)=O)CC1)N(C)Cc1cnn(-c2ccccc2)c1.I. The van der Waals surface area contributed by atoms with Crippen LogP contribution >= 0.6 is 24.0 Å². The number of para-hydroxylation sites is 1. The molecule has 1 aliphatic heterocycles. The number of guanidine groups is 1. The number of rotatable bonds is 7. The zero-order valence-electron chi connectivity index (χ0n) is 18.4. The molecule has 0 saturated carbocycles. The highest BCUT2D eigenvalue weighted by atomic mass is 127. The Hall–Kier alpha value is -1.66. The fraction of sp³-hybridized carbons (Fsp3) is 0.524. The van der Waals surface area contributed by atoms with Crippen molar-refractivity contribution < 1.29 is 8.42 Å². The average molecular weight is 561 g/mol. The van der Waals surface area contributed by atoms with E-state index in [9.17, 15) is 8.42 Å². The van der Waals surface area contributed by atoms with Crippen LogP contribution in [0.5, 0.6) is 0 Å². The van der Waals surface area contributed by atoms with Crippen LogP contribution in [0.15, 0.2) is 47.7 Å². The van der Waals surface area contributed by atoms with Crippen LogP contribution < -0.4 is 5.32 Å².